The van der Waals surface area contributed by atoms with Crippen LogP contribution in [0, 0.1) is 15.9 Å². The molecule has 0 radical (unpaired) electrons. The maximum atomic E-state index is 13.1. The van der Waals surface area contributed by atoms with Gasteiger partial charge in [-0.2, -0.15) is 4.39 Å². The number of nitrogens with zero attached hydrogens (tertiary/aromatic N) is 1. The molecular weight excluding hydrogens is 331 g/mol. The van der Waals surface area contributed by atoms with E-state index in [1.54, 1.807) is 0 Å². The van der Waals surface area contributed by atoms with E-state index in [-0.39, 0.29) is 14.2 Å². The van der Waals surface area contributed by atoms with Gasteiger partial charge in [-0.1, -0.05) is 11.6 Å². The van der Waals surface area contributed by atoms with Crippen LogP contribution in [0.25, 0.3) is 0 Å². The molecule has 2 rings (SSSR count). The van der Waals surface area contributed by atoms with Crippen molar-refractivity contribution in [2.45, 2.75) is 4.21 Å². The summed E-state index contributed by atoms with van der Waals surface area (Å²) < 4.78 is 39.4. The molecule has 0 aliphatic carbocycles. The van der Waals surface area contributed by atoms with Crippen molar-refractivity contribution in [3.8, 4) is 0 Å². The summed E-state index contributed by atoms with van der Waals surface area (Å²) in [6.45, 7) is 0. The Hall–Kier alpha value is -1.71. The Kier molecular flexibility index (Phi) is 3.93. The quantitative estimate of drug-likeness (QED) is 0.685. The van der Waals surface area contributed by atoms with Crippen LogP contribution in [-0.4, -0.2) is 13.3 Å². The highest BCUT2D eigenvalue weighted by atomic mass is 35.5. The molecule has 106 valence electrons. The van der Waals surface area contributed by atoms with Crippen LogP contribution in [0.5, 0.6) is 0 Å². The zero-order valence-corrected chi connectivity index (χ0v) is 11.9. The predicted molar refractivity (Wildman–Crippen MR) is 73.2 cm³/mol. The van der Waals surface area contributed by atoms with Crippen LogP contribution in [0.3, 0.4) is 0 Å². The van der Waals surface area contributed by atoms with E-state index in [0.717, 1.165) is 29.5 Å². The Balaban J connectivity index is 2.35. The lowest BCUT2D eigenvalue weighted by Crippen LogP contribution is -2.11. The fourth-order valence-corrected chi connectivity index (χ4v) is 3.90. The number of nitro groups is 1. The number of thiophene rings is 1. The minimum atomic E-state index is -3.91. The van der Waals surface area contributed by atoms with Crippen molar-refractivity contribution in [2.24, 2.45) is 0 Å². The summed E-state index contributed by atoms with van der Waals surface area (Å²) in [5, 5.41) is 10.6. The first-order valence-corrected chi connectivity index (χ1v) is 7.69. The van der Waals surface area contributed by atoms with Crippen molar-refractivity contribution < 1.29 is 17.7 Å². The van der Waals surface area contributed by atoms with Crippen LogP contribution in [0.2, 0.25) is 4.34 Å². The Morgan fingerprint density at radius 3 is 2.55 bits per heavy atom. The van der Waals surface area contributed by atoms with Gasteiger partial charge in [0.25, 0.3) is 10.0 Å². The van der Waals surface area contributed by atoms with Gasteiger partial charge in [0.05, 0.1) is 14.9 Å². The smallest absolute Gasteiger partial charge is 0.279 e. The second-order valence-corrected chi connectivity index (χ2v) is 7.21. The molecule has 2 aromatic rings. The maximum Gasteiger partial charge on any atom is 0.306 e. The van der Waals surface area contributed by atoms with Crippen LogP contribution in [-0.2, 0) is 10.0 Å². The fraction of sp³-hybridized carbons (Fsp3) is 0. The first kappa shape index (κ1) is 14.7. The largest absolute Gasteiger partial charge is 0.306 e. The van der Waals surface area contributed by atoms with E-state index in [1.165, 1.54) is 12.1 Å². The summed E-state index contributed by atoms with van der Waals surface area (Å²) in [5.41, 5.74) is -0.919. The molecule has 0 saturated carbocycles. The molecule has 1 N–H and O–H groups in total. The van der Waals surface area contributed by atoms with Crippen molar-refractivity contribution >= 4 is 44.3 Å². The summed E-state index contributed by atoms with van der Waals surface area (Å²) in [4.78, 5) is 9.65. The van der Waals surface area contributed by atoms with Crippen LogP contribution in [0.1, 0.15) is 0 Å². The molecular formula is C10H6ClFN2O4S2. The van der Waals surface area contributed by atoms with Gasteiger partial charge in [0, 0.05) is 6.07 Å². The van der Waals surface area contributed by atoms with E-state index in [0.29, 0.717) is 0 Å². The monoisotopic (exact) mass is 336 g/mol. The number of rotatable bonds is 4. The number of sulfonamides is 1. The Labute approximate surface area is 122 Å². The number of nitrogens with one attached hydrogen (secondary N) is 1. The molecule has 1 heterocycles. The van der Waals surface area contributed by atoms with E-state index in [4.69, 9.17) is 11.6 Å². The second-order valence-electron chi connectivity index (χ2n) is 3.59. The van der Waals surface area contributed by atoms with Crippen LogP contribution < -0.4 is 4.72 Å². The predicted octanol–water partition coefficient (Wildman–Crippen LogP) is 3.25. The van der Waals surface area contributed by atoms with Gasteiger partial charge in [0.1, 0.15) is 4.21 Å². The Morgan fingerprint density at radius 1 is 1.30 bits per heavy atom. The number of anilines is 1. The molecule has 0 fully saturated rings. The Bertz CT molecular complexity index is 775. The third kappa shape index (κ3) is 3.06. The molecule has 10 heteroatoms. The van der Waals surface area contributed by atoms with Crippen molar-refractivity contribution in [1.82, 2.24) is 0 Å². The van der Waals surface area contributed by atoms with E-state index in [1.807, 2.05) is 0 Å². The van der Waals surface area contributed by atoms with E-state index in [9.17, 15) is 22.9 Å². The van der Waals surface area contributed by atoms with E-state index >= 15 is 0 Å². The average Bonchev–Trinajstić information content (AvgIpc) is 2.78. The summed E-state index contributed by atoms with van der Waals surface area (Å²) >= 11 is 6.48. The lowest BCUT2D eigenvalue weighted by atomic mass is 10.3. The van der Waals surface area contributed by atoms with Crippen molar-refractivity contribution in [3.05, 3.63) is 50.6 Å². The topological polar surface area (TPSA) is 89.3 Å². The normalized spacial score (nSPS) is 11.3. The number of halogens is 2. The van der Waals surface area contributed by atoms with Crippen LogP contribution >= 0.6 is 22.9 Å². The van der Waals surface area contributed by atoms with Crippen molar-refractivity contribution in [2.75, 3.05) is 4.72 Å². The molecule has 0 unspecified atom stereocenters. The number of hydrogen-bond acceptors (Lipinski definition) is 5. The Morgan fingerprint density at radius 2 is 2.00 bits per heavy atom. The SMILES string of the molecule is O=[N+]([O-])c1cc(NS(=O)(=O)c2ccc(Cl)s2)ccc1F. The van der Waals surface area contributed by atoms with E-state index in [2.05, 4.69) is 4.72 Å². The molecule has 6 nitrogen and oxygen atoms in total. The highest BCUT2D eigenvalue weighted by Gasteiger charge is 2.20. The first-order chi connectivity index (χ1) is 9.29. The molecule has 0 atom stereocenters. The minimum Gasteiger partial charge on any atom is -0.279 e. The van der Waals surface area contributed by atoms with Gasteiger partial charge in [0.2, 0.25) is 5.82 Å². The van der Waals surface area contributed by atoms with Gasteiger partial charge in [-0.05, 0) is 24.3 Å². The summed E-state index contributed by atoms with van der Waals surface area (Å²) in [6.07, 6.45) is 0. The summed E-state index contributed by atoms with van der Waals surface area (Å²) in [6, 6.07) is 5.43. The zero-order chi connectivity index (χ0) is 14.9. The summed E-state index contributed by atoms with van der Waals surface area (Å²) in [7, 11) is -3.91. The average molecular weight is 337 g/mol. The molecule has 0 aliphatic heterocycles. The third-order valence-corrected chi connectivity index (χ3v) is 5.31. The van der Waals surface area contributed by atoms with Gasteiger partial charge in [-0.25, -0.2) is 8.42 Å². The lowest BCUT2D eigenvalue weighted by molar-refractivity contribution is -0.387. The second kappa shape index (κ2) is 5.35. The molecule has 1 aromatic heterocycles. The zero-order valence-electron chi connectivity index (χ0n) is 9.54. The number of nitro benzene ring substituents is 1. The van der Waals surface area contributed by atoms with Gasteiger partial charge in [0.15, 0.2) is 0 Å². The van der Waals surface area contributed by atoms with Crippen molar-refractivity contribution in [3.63, 3.8) is 0 Å². The highest BCUT2D eigenvalue weighted by molar-refractivity contribution is 7.94. The van der Waals surface area contributed by atoms with Crippen LogP contribution in [0.15, 0.2) is 34.5 Å². The fourth-order valence-electron chi connectivity index (χ4n) is 1.36. The highest BCUT2D eigenvalue weighted by Crippen LogP contribution is 2.28. The number of benzene rings is 1. The standard InChI is InChI=1S/C10H6ClFN2O4S2/c11-9-3-4-10(19-9)20(17,18)13-6-1-2-7(12)8(5-6)14(15)16/h1-5,13H. The van der Waals surface area contributed by atoms with Crippen molar-refractivity contribution in [1.29, 1.82) is 0 Å². The van der Waals surface area contributed by atoms with Crippen LogP contribution in [0.4, 0.5) is 15.8 Å². The third-order valence-electron chi connectivity index (χ3n) is 2.21. The van der Waals surface area contributed by atoms with E-state index < -0.39 is 26.5 Å². The molecule has 0 amide bonds. The van der Waals surface area contributed by atoms with Gasteiger partial charge >= 0.3 is 5.69 Å². The summed E-state index contributed by atoms with van der Waals surface area (Å²) in [5.74, 6) is -1.04. The molecule has 0 aliphatic rings. The molecule has 20 heavy (non-hydrogen) atoms. The number of hydrogen-bond donors (Lipinski definition) is 1. The molecule has 0 bridgehead atoms. The molecule has 0 spiro atoms. The maximum absolute atomic E-state index is 13.1. The van der Waals surface area contributed by atoms with Gasteiger partial charge in [-0.15, -0.1) is 11.3 Å². The minimum absolute atomic E-state index is 0.0468. The molecule has 0 saturated heterocycles. The first-order valence-electron chi connectivity index (χ1n) is 5.02. The molecule has 1 aromatic carbocycles. The van der Waals surface area contributed by atoms with Gasteiger partial charge < -0.3 is 0 Å². The lowest BCUT2D eigenvalue weighted by Gasteiger charge is -2.06. The van der Waals surface area contributed by atoms with Gasteiger partial charge in [-0.3, -0.25) is 14.8 Å².